The Morgan fingerprint density at radius 3 is 1.51 bits per heavy atom. The van der Waals surface area contributed by atoms with E-state index >= 15 is 0 Å². The van der Waals surface area contributed by atoms with E-state index in [1.165, 1.54) is 132 Å². The Balaban J connectivity index is 1.13. The van der Waals surface area contributed by atoms with Crippen LogP contribution in [-0.4, -0.2) is 35.7 Å². The minimum atomic E-state index is 1.07. The smallest absolute Gasteiger partial charge is 0.169 e. The quantitative estimate of drug-likeness (QED) is 0.0662. The fraction of sp³-hybridized carbons (Fsp3) is 0.395. The summed E-state index contributed by atoms with van der Waals surface area (Å²) >= 11 is 0. The minimum Gasteiger partial charge on any atom is -0.340 e. The normalized spacial score (nSPS) is 15.0. The molecule has 244 valence electrons. The molecule has 0 amide bonds. The molecule has 4 nitrogen and oxygen atoms in total. The summed E-state index contributed by atoms with van der Waals surface area (Å²) in [5.74, 6) is 0. The van der Waals surface area contributed by atoms with E-state index < -0.39 is 0 Å². The van der Waals surface area contributed by atoms with Crippen LogP contribution in [0.4, 0.5) is 0 Å². The molecule has 0 spiro atoms. The average molecular weight is 628 g/mol. The van der Waals surface area contributed by atoms with Crippen LogP contribution in [0, 0.1) is 0 Å². The highest BCUT2D eigenvalue weighted by Gasteiger charge is 2.23. The van der Waals surface area contributed by atoms with Crippen molar-refractivity contribution in [2.24, 2.45) is 14.1 Å². The number of nitrogens with zero attached hydrogens (tertiary/aromatic N) is 4. The van der Waals surface area contributed by atoms with Crippen molar-refractivity contribution in [3.63, 3.8) is 0 Å². The van der Waals surface area contributed by atoms with Gasteiger partial charge in [-0.15, -0.1) is 0 Å². The molecule has 4 heterocycles. The first-order valence-corrected chi connectivity index (χ1v) is 18.1. The van der Waals surface area contributed by atoms with E-state index in [1.807, 2.05) is 0 Å². The van der Waals surface area contributed by atoms with Gasteiger partial charge >= 0.3 is 0 Å². The van der Waals surface area contributed by atoms with Gasteiger partial charge in [-0.25, -0.2) is 9.13 Å². The number of rotatable bonds is 14. The van der Waals surface area contributed by atoms with Gasteiger partial charge in [0.2, 0.25) is 0 Å². The Hall–Kier alpha value is -4.02. The Morgan fingerprint density at radius 2 is 1.00 bits per heavy atom. The fourth-order valence-electron chi connectivity index (χ4n) is 7.37. The molecule has 2 aromatic carbocycles. The van der Waals surface area contributed by atoms with Crippen molar-refractivity contribution in [1.29, 1.82) is 0 Å². The predicted molar refractivity (Wildman–Crippen MR) is 199 cm³/mol. The van der Waals surface area contributed by atoms with Crippen LogP contribution >= 0.6 is 0 Å². The third kappa shape index (κ3) is 8.87. The molecular formula is C43H55N4+3. The first-order valence-electron chi connectivity index (χ1n) is 18.1. The maximum atomic E-state index is 2.57. The first-order chi connectivity index (χ1) is 23.0. The van der Waals surface area contributed by atoms with E-state index in [0.29, 0.717) is 0 Å². The molecule has 4 heteroatoms. The van der Waals surface area contributed by atoms with E-state index in [4.69, 9.17) is 0 Å². The largest absolute Gasteiger partial charge is 0.340 e. The highest BCUT2D eigenvalue weighted by atomic mass is 15.3. The lowest BCUT2D eigenvalue weighted by Gasteiger charge is -2.37. The van der Waals surface area contributed by atoms with Gasteiger partial charge in [-0.2, -0.15) is 0 Å². The lowest BCUT2D eigenvalue weighted by Crippen LogP contribution is -2.48. The zero-order valence-electron chi connectivity index (χ0n) is 29.1. The number of pyridine rings is 2. The van der Waals surface area contributed by atoms with Crippen molar-refractivity contribution in [2.75, 3.05) is 26.7 Å². The van der Waals surface area contributed by atoms with Gasteiger partial charge in [0.05, 0.1) is 26.7 Å². The van der Waals surface area contributed by atoms with Crippen molar-refractivity contribution in [1.82, 2.24) is 4.57 Å². The number of benzene rings is 2. The lowest BCUT2D eigenvalue weighted by molar-refractivity contribution is -0.914. The summed E-state index contributed by atoms with van der Waals surface area (Å²) in [7, 11) is 6.59. The van der Waals surface area contributed by atoms with Crippen molar-refractivity contribution in [3.8, 4) is 0 Å². The minimum absolute atomic E-state index is 1.07. The van der Waals surface area contributed by atoms with E-state index in [9.17, 15) is 0 Å². The molecule has 0 atom stereocenters. The monoisotopic (exact) mass is 627 g/mol. The molecule has 0 N–H and O–H groups in total. The molecular weight excluding hydrogens is 573 g/mol. The Kier molecular flexibility index (Phi) is 11.0. The van der Waals surface area contributed by atoms with Gasteiger partial charge < -0.3 is 9.05 Å². The van der Waals surface area contributed by atoms with Crippen LogP contribution in [0.2, 0.25) is 0 Å². The second kappa shape index (κ2) is 15.7. The van der Waals surface area contributed by atoms with Crippen molar-refractivity contribution in [3.05, 3.63) is 108 Å². The highest BCUT2D eigenvalue weighted by Crippen LogP contribution is 2.32. The summed E-state index contributed by atoms with van der Waals surface area (Å²) in [6, 6.07) is 22.6. The molecule has 1 aliphatic heterocycles. The van der Waals surface area contributed by atoms with Gasteiger partial charge in [0.15, 0.2) is 24.8 Å². The number of piperidine rings is 1. The van der Waals surface area contributed by atoms with Gasteiger partial charge in [0.1, 0.15) is 14.1 Å². The molecule has 0 aliphatic carbocycles. The van der Waals surface area contributed by atoms with Crippen LogP contribution in [0.25, 0.3) is 46.1 Å². The summed E-state index contributed by atoms with van der Waals surface area (Å²) < 4.78 is 8.04. The zero-order chi connectivity index (χ0) is 32.5. The maximum Gasteiger partial charge on any atom is 0.169 e. The van der Waals surface area contributed by atoms with Crippen LogP contribution in [0.5, 0.6) is 0 Å². The lowest BCUT2D eigenvalue weighted by atomic mass is 10.1. The molecule has 1 aliphatic rings. The molecule has 3 aromatic heterocycles. The summed E-state index contributed by atoms with van der Waals surface area (Å²) in [6.45, 7) is 5.26. The van der Waals surface area contributed by atoms with E-state index in [-0.39, 0.29) is 0 Å². The van der Waals surface area contributed by atoms with E-state index in [0.717, 1.165) is 6.54 Å². The maximum absolute atomic E-state index is 2.57. The number of fused-ring (bicyclic) bond motifs is 3. The number of aryl methyl sites for hydroxylation is 3. The van der Waals surface area contributed by atoms with Crippen LogP contribution in [0.15, 0.2) is 85.5 Å². The zero-order valence-corrected chi connectivity index (χ0v) is 29.1. The van der Waals surface area contributed by atoms with Crippen molar-refractivity contribution >= 4 is 46.1 Å². The van der Waals surface area contributed by atoms with Gasteiger partial charge in [-0.05, 0) is 85.0 Å². The van der Waals surface area contributed by atoms with E-state index in [2.05, 4.69) is 145 Å². The van der Waals surface area contributed by atoms with E-state index in [1.54, 1.807) is 0 Å². The molecule has 0 bridgehead atoms. The summed E-state index contributed by atoms with van der Waals surface area (Å²) in [5.41, 5.74) is 7.58. The molecule has 47 heavy (non-hydrogen) atoms. The molecule has 5 aromatic rings. The highest BCUT2D eigenvalue weighted by molar-refractivity contribution is 6.09. The van der Waals surface area contributed by atoms with Crippen LogP contribution in [-0.2, 0) is 20.6 Å². The van der Waals surface area contributed by atoms with Gasteiger partial charge in [-0.3, -0.25) is 0 Å². The third-order valence-corrected chi connectivity index (χ3v) is 10.3. The topological polar surface area (TPSA) is 12.7 Å². The fourth-order valence-corrected chi connectivity index (χ4v) is 7.37. The molecule has 6 rings (SSSR count). The number of hydrogen-bond acceptors (Lipinski definition) is 0. The number of aromatic nitrogens is 3. The molecule has 0 radical (unpaired) electrons. The third-order valence-electron chi connectivity index (χ3n) is 10.3. The number of quaternary nitrogens is 1. The van der Waals surface area contributed by atoms with Crippen LogP contribution < -0.4 is 9.13 Å². The number of hydrogen-bond donors (Lipinski definition) is 0. The summed E-state index contributed by atoms with van der Waals surface area (Å²) in [4.78, 5) is 0. The van der Waals surface area contributed by atoms with Crippen molar-refractivity contribution in [2.45, 2.75) is 70.8 Å². The summed E-state index contributed by atoms with van der Waals surface area (Å²) in [6.07, 6.45) is 31.1. The van der Waals surface area contributed by atoms with Gasteiger partial charge in [-0.1, -0.05) is 62.1 Å². The Morgan fingerprint density at radius 1 is 0.553 bits per heavy atom. The SMILES string of the molecule is C[n+]1ccc(/C=C/c2ccc3c(c2)c2cc(/C=C/c4cc[n+](C)cc4)ccc2n3CCCCCCCCC[N+]2(C)CCCCC2)cc1. The van der Waals surface area contributed by atoms with Crippen LogP contribution in [0.3, 0.4) is 0 Å². The second-order valence-corrected chi connectivity index (χ2v) is 14.3. The van der Waals surface area contributed by atoms with Crippen molar-refractivity contribution < 1.29 is 13.6 Å². The van der Waals surface area contributed by atoms with Gasteiger partial charge in [0.25, 0.3) is 0 Å². The second-order valence-electron chi connectivity index (χ2n) is 14.3. The number of unbranched alkanes of at least 4 members (excludes halogenated alkanes) is 6. The number of likely N-dealkylation sites (tertiary alicyclic amines) is 1. The average Bonchev–Trinajstić information content (AvgIpc) is 3.39. The van der Waals surface area contributed by atoms with Gasteiger partial charge in [0, 0.05) is 52.6 Å². The first kappa shape index (κ1) is 32.9. The molecule has 0 saturated carbocycles. The Bertz CT molecular complexity index is 1690. The molecule has 1 fully saturated rings. The molecule has 0 unspecified atom stereocenters. The standard InChI is InChI=1S/C43H55N4/c1-44-27-22-36(23-28-44)14-16-38-18-20-42-40(34-38)41-35-39(17-15-37-24-29-45(2)30-25-37)19-21-43(41)46(42)26-10-7-5-4-6-8-11-31-47(3)32-12-9-13-33-47/h14-25,27-30,34-35H,4-13,26,31-33H2,1-3H3/q+3. The van der Waals surface area contributed by atoms with Crippen LogP contribution in [0.1, 0.15) is 86.5 Å². The molecule has 1 saturated heterocycles. The summed E-state index contributed by atoms with van der Waals surface area (Å²) in [5, 5.41) is 2.68. The Labute approximate surface area is 282 Å². The predicted octanol–water partition coefficient (Wildman–Crippen LogP) is 9.15.